The fraction of sp³-hybridized carbons (Fsp3) is 0.750. The van der Waals surface area contributed by atoms with Gasteiger partial charge in [0.05, 0.1) is 6.10 Å². The van der Waals surface area contributed by atoms with Crippen LogP contribution in [0, 0.1) is 0 Å². The molecular weight excluding hydrogens is 268 g/mol. The van der Waals surface area contributed by atoms with Gasteiger partial charge >= 0.3 is 0 Å². The van der Waals surface area contributed by atoms with Crippen LogP contribution < -0.4 is 5.73 Å². The highest BCUT2D eigenvalue weighted by Gasteiger charge is 2.41. The molecule has 0 saturated heterocycles. The fourth-order valence-electron chi connectivity index (χ4n) is 3.52. The lowest BCUT2D eigenvalue weighted by atomic mass is 9.78. The smallest absolute Gasteiger partial charge is 0.0589 e. The molecule has 1 aromatic rings. The molecule has 0 spiro atoms. The van der Waals surface area contributed by atoms with Gasteiger partial charge < -0.3 is 10.5 Å². The zero-order chi connectivity index (χ0) is 14.6. The van der Waals surface area contributed by atoms with Crippen LogP contribution in [0.4, 0.5) is 0 Å². The molecule has 2 N–H and O–H groups in total. The van der Waals surface area contributed by atoms with Gasteiger partial charge in [-0.1, -0.05) is 6.07 Å². The summed E-state index contributed by atoms with van der Waals surface area (Å²) in [5.41, 5.74) is 6.32. The second-order valence-electron chi connectivity index (χ2n) is 6.18. The molecule has 0 radical (unpaired) electrons. The number of hydrogen-bond acceptors (Lipinski definition) is 4. The van der Waals surface area contributed by atoms with Crippen molar-refractivity contribution in [1.29, 1.82) is 0 Å². The van der Waals surface area contributed by atoms with Crippen LogP contribution >= 0.6 is 11.3 Å². The molecule has 0 amide bonds. The number of hydrogen-bond donors (Lipinski definition) is 1. The van der Waals surface area contributed by atoms with Crippen LogP contribution in [-0.2, 0) is 11.3 Å². The quantitative estimate of drug-likeness (QED) is 0.876. The van der Waals surface area contributed by atoms with Gasteiger partial charge in [0, 0.05) is 36.7 Å². The Bertz CT molecular complexity index is 393. The normalized spacial score (nSPS) is 27.4. The Morgan fingerprint density at radius 1 is 1.55 bits per heavy atom. The molecule has 1 aromatic heterocycles. The van der Waals surface area contributed by atoms with Crippen LogP contribution in [0.3, 0.4) is 0 Å². The summed E-state index contributed by atoms with van der Waals surface area (Å²) in [5, 5.41) is 2.15. The molecule has 2 atom stereocenters. The van der Waals surface area contributed by atoms with E-state index in [1.165, 1.54) is 24.1 Å². The maximum atomic E-state index is 6.23. The molecule has 1 saturated carbocycles. The van der Waals surface area contributed by atoms with Gasteiger partial charge in [0.25, 0.3) is 0 Å². The molecule has 3 nitrogen and oxygen atoms in total. The Labute approximate surface area is 127 Å². The minimum atomic E-state index is 0.0943. The molecule has 1 fully saturated rings. The average Bonchev–Trinajstić information content (AvgIpc) is 2.97. The van der Waals surface area contributed by atoms with Gasteiger partial charge in [0.1, 0.15) is 0 Å². The molecule has 20 heavy (non-hydrogen) atoms. The first kappa shape index (κ1) is 16.0. The maximum Gasteiger partial charge on any atom is 0.0589 e. The summed E-state index contributed by atoms with van der Waals surface area (Å²) in [6.45, 7) is 6.28. The summed E-state index contributed by atoms with van der Waals surface area (Å²) < 4.78 is 5.63. The molecule has 2 unspecified atom stereocenters. The van der Waals surface area contributed by atoms with Crippen molar-refractivity contribution in [2.75, 3.05) is 13.7 Å². The number of rotatable bonds is 6. The number of nitrogens with zero attached hydrogens (tertiary/aromatic N) is 1. The van der Waals surface area contributed by atoms with Crippen LogP contribution in [0.15, 0.2) is 17.5 Å². The molecule has 0 bridgehead atoms. The van der Waals surface area contributed by atoms with Crippen LogP contribution in [0.1, 0.15) is 44.4 Å². The van der Waals surface area contributed by atoms with Crippen molar-refractivity contribution in [1.82, 2.24) is 4.90 Å². The zero-order valence-electron chi connectivity index (χ0n) is 13.0. The highest BCUT2D eigenvalue weighted by Crippen LogP contribution is 2.37. The number of ether oxygens (including phenoxy) is 1. The molecule has 1 aliphatic rings. The van der Waals surface area contributed by atoms with E-state index in [1.54, 1.807) is 0 Å². The zero-order valence-corrected chi connectivity index (χ0v) is 13.8. The largest absolute Gasteiger partial charge is 0.381 e. The molecular formula is C16H28N2OS. The predicted molar refractivity (Wildman–Crippen MR) is 86.0 cm³/mol. The summed E-state index contributed by atoms with van der Waals surface area (Å²) in [5.74, 6) is 0. The Kier molecular flexibility index (Phi) is 5.61. The van der Waals surface area contributed by atoms with Crippen molar-refractivity contribution in [2.24, 2.45) is 5.73 Å². The van der Waals surface area contributed by atoms with E-state index in [9.17, 15) is 0 Å². The van der Waals surface area contributed by atoms with E-state index >= 15 is 0 Å². The highest BCUT2D eigenvalue weighted by molar-refractivity contribution is 7.09. The van der Waals surface area contributed by atoms with Crippen molar-refractivity contribution in [2.45, 2.75) is 63.8 Å². The molecule has 0 aliphatic heterocycles. The summed E-state index contributed by atoms with van der Waals surface area (Å²) >= 11 is 1.83. The van der Waals surface area contributed by atoms with Crippen LogP contribution in [0.2, 0.25) is 0 Å². The first-order chi connectivity index (χ1) is 9.61. The monoisotopic (exact) mass is 296 g/mol. The van der Waals surface area contributed by atoms with E-state index in [1.807, 2.05) is 18.4 Å². The predicted octanol–water partition coefficient (Wildman–Crippen LogP) is 3.25. The molecule has 0 aromatic carbocycles. The molecule has 1 heterocycles. The van der Waals surface area contributed by atoms with E-state index in [-0.39, 0.29) is 5.54 Å². The standard InChI is InChI=1S/C16H28N2OS/c1-13(2)18(11-15-7-5-9-20-15)16(12-17)8-4-6-14(10-16)19-3/h5,7,9,13-14H,4,6,8,10-12,17H2,1-3H3. The third kappa shape index (κ3) is 3.42. The van der Waals surface area contributed by atoms with Gasteiger partial charge in [-0.15, -0.1) is 11.3 Å². The van der Waals surface area contributed by atoms with Gasteiger partial charge in [-0.3, -0.25) is 4.90 Å². The van der Waals surface area contributed by atoms with E-state index in [2.05, 4.69) is 36.3 Å². The lowest BCUT2D eigenvalue weighted by molar-refractivity contribution is -0.0386. The first-order valence-electron chi connectivity index (χ1n) is 7.63. The first-order valence-corrected chi connectivity index (χ1v) is 8.51. The third-order valence-corrected chi connectivity index (χ3v) is 5.49. The van der Waals surface area contributed by atoms with Crippen LogP contribution in [0.5, 0.6) is 0 Å². The Balaban J connectivity index is 2.19. The van der Waals surface area contributed by atoms with Gasteiger partial charge in [-0.25, -0.2) is 0 Å². The second kappa shape index (κ2) is 7.03. The van der Waals surface area contributed by atoms with E-state index in [0.29, 0.717) is 12.1 Å². The molecule has 4 heteroatoms. The van der Waals surface area contributed by atoms with E-state index < -0.39 is 0 Å². The van der Waals surface area contributed by atoms with Gasteiger partial charge in [-0.2, -0.15) is 0 Å². The third-order valence-electron chi connectivity index (χ3n) is 4.63. The Morgan fingerprint density at radius 2 is 2.35 bits per heavy atom. The molecule has 2 rings (SSSR count). The summed E-state index contributed by atoms with van der Waals surface area (Å²) in [4.78, 5) is 4.02. The van der Waals surface area contributed by atoms with E-state index in [0.717, 1.165) is 19.5 Å². The highest BCUT2D eigenvalue weighted by atomic mass is 32.1. The van der Waals surface area contributed by atoms with Crippen molar-refractivity contribution >= 4 is 11.3 Å². The summed E-state index contributed by atoms with van der Waals surface area (Å²) in [6.07, 6.45) is 4.99. The second-order valence-corrected chi connectivity index (χ2v) is 7.22. The van der Waals surface area contributed by atoms with Crippen LogP contribution in [-0.4, -0.2) is 36.2 Å². The fourth-order valence-corrected chi connectivity index (χ4v) is 4.22. The van der Waals surface area contributed by atoms with Crippen molar-refractivity contribution in [3.05, 3.63) is 22.4 Å². The van der Waals surface area contributed by atoms with Gasteiger partial charge in [0.15, 0.2) is 0 Å². The number of nitrogens with two attached hydrogens (primary N) is 1. The van der Waals surface area contributed by atoms with Crippen molar-refractivity contribution in [3.63, 3.8) is 0 Å². The number of methoxy groups -OCH3 is 1. The van der Waals surface area contributed by atoms with E-state index in [4.69, 9.17) is 10.5 Å². The van der Waals surface area contributed by atoms with Gasteiger partial charge in [0.2, 0.25) is 0 Å². The average molecular weight is 296 g/mol. The Morgan fingerprint density at radius 3 is 2.90 bits per heavy atom. The number of thiophene rings is 1. The Hall–Kier alpha value is -0.420. The molecule has 1 aliphatic carbocycles. The van der Waals surface area contributed by atoms with Crippen molar-refractivity contribution < 1.29 is 4.74 Å². The topological polar surface area (TPSA) is 38.5 Å². The van der Waals surface area contributed by atoms with Gasteiger partial charge in [-0.05, 0) is 51.0 Å². The minimum absolute atomic E-state index is 0.0943. The van der Waals surface area contributed by atoms with Crippen molar-refractivity contribution in [3.8, 4) is 0 Å². The lowest BCUT2D eigenvalue weighted by Crippen LogP contribution is -2.59. The van der Waals surface area contributed by atoms with Crippen LogP contribution in [0.25, 0.3) is 0 Å². The summed E-state index contributed by atoms with van der Waals surface area (Å²) in [7, 11) is 1.83. The minimum Gasteiger partial charge on any atom is -0.381 e. The maximum absolute atomic E-state index is 6.23. The molecule has 114 valence electrons. The SMILES string of the molecule is COC1CCCC(CN)(N(Cc2cccs2)C(C)C)C1. The lowest BCUT2D eigenvalue weighted by Gasteiger charge is -2.49. The summed E-state index contributed by atoms with van der Waals surface area (Å²) in [6, 6.07) is 4.85.